The van der Waals surface area contributed by atoms with Crippen LogP contribution in [0.25, 0.3) is 0 Å². The molecular formula is C10H18N2. The number of hydrogen-bond acceptors (Lipinski definition) is 2. The van der Waals surface area contributed by atoms with Crippen molar-refractivity contribution in [3.63, 3.8) is 0 Å². The highest BCUT2D eigenvalue weighted by Gasteiger charge is 2.41. The van der Waals surface area contributed by atoms with Gasteiger partial charge in [0.05, 0.1) is 0 Å². The lowest BCUT2D eigenvalue weighted by molar-refractivity contribution is 0.0347. The van der Waals surface area contributed by atoms with Gasteiger partial charge in [-0.1, -0.05) is 25.5 Å². The van der Waals surface area contributed by atoms with Crippen LogP contribution in [0.3, 0.4) is 0 Å². The summed E-state index contributed by atoms with van der Waals surface area (Å²) in [6.45, 7) is 4.58. The normalized spacial score (nSPS) is 36.6. The number of likely N-dealkylation sites (N-methyl/N-ethyl adjacent to an activating group) is 2. The van der Waals surface area contributed by atoms with Crippen molar-refractivity contribution in [2.75, 3.05) is 14.1 Å². The third kappa shape index (κ3) is 0.947. The Labute approximate surface area is 74.8 Å². The Morgan fingerprint density at radius 1 is 1.33 bits per heavy atom. The lowest BCUT2D eigenvalue weighted by atomic mass is 9.99. The molecule has 1 fully saturated rings. The smallest absolute Gasteiger partial charge is 0.0473 e. The maximum Gasteiger partial charge on any atom is 0.0473 e. The van der Waals surface area contributed by atoms with E-state index in [1.54, 1.807) is 5.57 Å². The third-order valence-electron chi connectivity index (χ3n) is 3.33. The van der Waals surface area contributed by atoms with Gasteiger partial charge in [-0.15, -0.1) is 0 Å². The van der Waals surface area contributed by atoms with Crippen LogP contribution in [0.2, 0.25) is 0 Å². The zero-order valence-electron chi connectivity index (χ0n) is 8.41. The van der Waals surface area contributed by atoms with Crippen molar-refractivity contribution in [2.45, 2.75) is 32.4 Å². The van der Waals surface area contributed by atoms with Gasteiger partial charge in [0.15, 0.2) is 0 Å². The summed E-state index contributed by atoms with van der Waals surface area (Å²) in [5.74, 6) is 0.719. The van der Waals surface area contributed by atoms with Crippen LogP contribution in [0.15, 0.2) is 11.6 Å². The van der Waals surface area contributed by atoms with Crippen LogP contribution in [-0.2, 0) is 0 Å². The van der Waals surface area contributed by atoms with E-state index in [1.165, 1.54) is 6.42 Å². The number of hydrogen-bond donors (Lipinski definition) is 0. The van der Waals surface area contributed by atoms with Gasteiger partial charge in [-0.25, -0.2) is 10.0 Å². The molecule has 0 aromatic carbocycles. The van der Waals surface area contributed by atoms with E-state index in [0.29, 0.717) is 12.1 Å². The van der Waals surface area contributed by atoms with Crippen LogP contribution < -0.4 is 0 Å². The fourth-order valence-corrected chi connectivity index (χ4v) is 2.43. The van der Waals surface area contributed by atoms with E-state index in [1.807, 2.05) is 0 Å². The summed E-state index contributed by atoms with van der Waals surface area (Å²) in [6, 6.07) is 1.37. The monoisotopic (exact) mass is 166 g/mol. The predicted molar refractivity (Wildman–Crippen MR) is 50.6 cm³/mol. The highest BCUT2D eigenvalue weighted by Crippen LogP contribution is 2.37. The molecule has 1 saturated heterocycles. The second-order valence-electron chi connectivity index (χ2n) is 4.29. The molecular weight excluding hydrogens is 148 g/mol. The Morgan fingerprint density at radius 2 is 2.00 bits per heavy atom. The largest absolute Gasteiger partial charge is 0.238 e. The minimum atomic E-state index is 0.678. The molecule has 2 unspecified atom stereocenters. The standard InChI is InChI=1S/C10H18N2/c1-7(2)9-5-8-6-10(9)12(4)11(8)3/h5,7-8,10H,6H2,1-4H3. The van der Waals surface area contributed by atoms with Crippen LogP contribution in [0, 0.1) is 5.92 Å². The predicted octanol–water partition coefficient (Wildman–Crippen LogP) is 1.50. The molecule has 2 nitrogen and oxygen atoms in total. The molecule has 2 heteroatoms. The van der Waals surface area contributed by atoms with Gasteiger partial charge >= 0.3 is 0 Å². The third-order valence-corrected chi connectivity index (χ3v) is 3.33. The van der Waals surface area contributed by atoms with Gasteiger partial charge in [0, 0.05) is 26.2 Å². The summed E-state index contributed by atoms with van der Waals surface area (Å²) < 4.78 is 0. The molecule has 1 aliphatic carbocycles. The fraction of sp³-hybridized carbons (Fsp3) is 0.800. The van der Waals surface area contributed by atoms with Crippen molar-refractivity contribution in [1.29, 1.82) is 0 Å². The summed E-state index contributed by atoms with van der Waals surface area (Å²) in [5.41, 5.74) is 1.64. The molecule has 0 spiro atoms. The van der Waals surface area contributed by atoms with Crippen molar-refractivity contribution in [1.82, 2.24) is 10.0 Å². The van der Waals surface area contributed by atoms with Gasteiger partial charge in [-0.05, 0) is 12.3 Å². The Bertz CT molecular complexity index is 220. The number of nitrogens with zero attached hydrogens (tertiary/aromatic N) is 2. The molecule has 0 radical (unpaired) electrons. The fourth-order valence-electron chi connectivity index (χ4n) is 2.43. The van der Waals surface area contributed by atoms with E-state index in [9.17, 15) is 0 Å². The minimum Gasteiger partial charge on any atom is -0.238 e. The number of rotatable bonds is 1. The van der Waals surface area contributed by atoms with Crippen molar-refractivity contribution >= 4 is 0 Å². The molecule has 0 amide bonds. The number of fused-ring (bicyclic) bond motifs is 2. The van der Waals surface area contributed by atoms with Gasteiger partial charge in [0.1, 0.15) is 0 Å². The summed E-state index contributed by atoms with van der Waals surface area (Å²) in [6.07, 6.45) is 3.76. The number of hydrazine groups is 1. The highest BCUT2D eigenvalue weighted by molar-refractivity contribution is 5.26. The van der Waals surface area contributed by atoms with Crippen LogP contribution in [-0.4, -0.2) is 36.2 Å². The van der Waals surface area contributed by atoms with Gasteiger partial charge < -0.3 is 0 Å². The second-order valence-corrected chi connectivity index (χ2v) is 4.29. The molecule has 68 valence electrons. The van der Waals surface area contributed by atoms with E-state index in [0.717, 1.165) is 5.92 Å². The first-order valence-electron chi connectivity index (χ1n) is 4.78. The summed E-state index contributed by atoms with van der Waals surface area (Å²) in [7, 11) is 4.37. The minimum absolute atomic E-state index is 0.678. The van der Waals surface area contributed by atoms with E-state index >= 15 is 0 Å². The van der Waals surface area contributed by atoms with Crippen LogP contribution in [0.4, 0.5) is 0 Å². The summed E-state index contributed by atoms with van der Waals surface area (Å²) in [5, 5.41) is 4.72. The lowest BCUT2D eigenvalue weighted by Crippen LogP contribution is -2.41. The van der Waals surface area contributed by atoms with Gasteiger partial charge in [0.2, 0.25) is 0 Å². The van der Waals surface area contributed by atoms with E-state index in [-0.39, 0.29) is 0 Å². The summed E-state index contributed by atoms with van der Waals surface area (Å²) in [4.78, 5) is 0. The quantitative estimate of drug-likeness (QED) is 0.545. The zero-order chi connectivity index (χ0) is 8.88. The molecule has 2 aliphatic rings. The van der Waals surface area contributed by atoms with Crippen molar-refractivity contribution < 1.29 is 0 Å². The molecule has 0 saturated carbocycles. The molecule has 2 rings (SSSR count). The Morgan fingerprint density at radius 3 is 2.42 bits per heavy atom. The van der Waals surface area contributed by atoms with E-state index in [2.05, 4.69) is 44.0 Å². The van der Waals surface area contributed by atoms with Crippen LogP contribution in [0.5, 0.6) is 0 Å². The SMILES string of the molecule is CC(C)C1=CC2CC1N(C)N2C. The highest BCUT2D eigenvalue weighted by atomic mass is 15.7. The molecule has 12 heavy (non-hydrogen) atoms. The van der Waals surface area contributed by atoms with Crippen molar-refractivity contribution in [3.8, 4) is 0 Å². The van der Waals surface area contributed by atoms with Crippen LogP contribution in [0.1, 0.15) is 20.3 Å². The Kier molecular flexibility index (Phi) is 1.77. The molecule has 1 aliphatic heterocycles. The zero-order valence-corrected chi connectivity index (χ0v) is 8.41. The molecule has 2 atom stereocenters. The molecule has 0 N–H and O–H groups in total. The first kappa shape index (κ1) is 8.27. The molecule has 2 bridgehead atoms. The second kappa shape index (κ2) is 2.57. The average Bonchev–Trinajstić information content (AvgIpc) is 2.53. The van der Waals surface area contributed by atoms with Crippen molar-refractivity contribution in [2.24, 2.45) is 5.92 Å². The van der Waals surface area contributed by atoms with Gasteiger partial charge in [-0.2, -0.15) is 0 Å². The topological polar surface area (TPSA) is 6.48 Å². The maximum atomic E-state index is 2.45. The average molecular weight is 166 g/mol. The molecule has 0 aromatic rings. The van der Waals surface area contributed by atoms with E-state index in [4.69, 9.17) is 0 Å². The van der Waals surface area contributed by atoms with Crippen molar-refractivity contribution in [3.05, 3.63) is 11.6 Å². The maximum absolute atomic E-state index is 2.45. The van der Waals surface area contributed by atoms with Crippen LogP contribution >= 0.6 is 0 Å². The van der Waals surface area contributed by atoms with Gasteiger partial charge in [0.25, 0.3) is 0 Å². The molecule has 0 aromatic heterocycles. The first-order valence-corrected chi connectivity index (χ1v) is 4.78. The summed E-state index contributed by atoms with van der Waals surface area (Å²) >= 11 is 0. The Hall–Kier alpha value is -0.340. The lowest BCUT2D eigenvalue weighted by Gasteiger charge is -2.33. The molecule has 1 heterocycles. The Balaban J connectivity index is 2.23. The van der Waals surface area contributed by atoms with E-state index < -0.39 is 0 Å². The first-order chi connectivity index (χ1) is 5.61. The van der Waals surface area contributed by atoms with Gasteiger partial charge in [-0.3, -0.25) is 0 Å².